The van der Waals surface area contributed by atoms with Crippen LogP contribution in [0.2, 0.25) is 0 Å². The number of para-hydroxylation sites is 2. The van der Waals surface area contributed by atoms with Crippen LogP contribution < -0.4 is 16.0 Å². The van der Waals surface area contributed by atoms with Crippen molar-refractivity contribution in [1.82, 2.24) is 15.6 Å². The molecule has 0 spiro atoms. The number of H-pyrrole nitrogens is 1. The molecule has 1 saturated heterocycles. The molecule has 5 rings (SSSR count). The first-order valence-electron chi connectivity index (χ1n) is 15.8. The molecule has 0 saturated carbocycles. The van der Waals surface area contributed by atoms with Gasteiger partial charge in [0.2, 0.25) is 5.91 Å². The molecule has 1 aromatic heterocycles. The summed E-state index contributed by atoms with van der Waals surface area (Å²) in [4.78, 5) is 31.6. The second-order valence-electron chi connectivity index (χ2n) is 13.3. The summed E-state index contributed by atoms with van der Waals surface area (Å²) < 4.78 is 12.3. The van der Waals surface area contributed by atoms with Gasteiger partial charge in [-0.2, -0.15) is 0 Å². The molecule has 4 N–H and O–H groups in total. The average molecular weight is 611 g/mol. The van der Waals surface area contributed by atoms with Crippen molar-refractivity contribution >= 4 is 28.5 Å². The highest BCUT2D eigenvalue weighted by molar-refractivity contribution is 5.97. The van der Waals surface area contributed by atoms with Crippen molar-refractivity contribution in [2.24, 2.45) is 0 Å². The largest absolute Gasteiger partial charge is 0.361 e. The zero-order valence-electron chi connectivity index (χ0n) is 27.4. The summed E-state index contributed by atoms with van der Waals surface area (Å²) in [6.45, 7) is 14.2. The first-order chi connectivity index (χ1) is 21.4. The van der Waals surface area contributed by atoms with Crippen LogP contribution in [0.25, 0.3) is 10.9 Å². The van der Waals surface area contributed by atoms with Crippen LogP contribution in [0.4, 0.5) is 10.5 Å². The third kappa shape index (κ3) is 7.24. The van der Waals surface area contributed by atoms with Gasteiger partial charge in [0.25, 0.3) is 0 Å². The van der Waals surface area contributed by atoms with Crippen molar-refractivity contribution in [3.05, 3.63) is 101 Å². The molecule has 3 atom stereocenters. The molecule has 3 aromatic carbocycles. The zero-order valence-corrected chi connectivity index (χ0v) is 27.4. The van der Waals surface area contributed by atoms with Crippen LogP contribution >= 0.6 is 0 Å². The van der Waals surface area contributed by atoms with E-state index in [4.69, 9.17) is 9.47 Å². The molecule has 1 aliphatic rings. The van der Waals surface area contributed by atoms with Crippen LogP contribution in [0.1, 0.15) is 88.7 Å². The van der Waals surface area contributed by atoms with E-state index in [0.29, 0.717) is 0 Å². The molecule has 238 valence electrons. The van der Waals surface area contributed by atoms with Gasteiger partial charge in [0.1, 0.15) is 11.6 Å². The monoisotopic (exact) mass is 610 g/mol. The third-order valence-corrected chi connectivity index (χ3v) is 8.55. The molecule has 1 fully saturated rings. The molecule has 4 aromatic rings. The zero-order chi connectivity index (χ0) is 32.4. The van der Waals surface area contributed by atoms with Crippen molar-refractivity contribution in [3.63, 3.8) is 0 Å². The highest BCUT2D eigenvalue weighted by Crippen LogP contribution is 2.35. The smallest absolute Gasteiger partial charge is 0.320 e. The Balaban J connectivity index is 1.47. The van der Waals surface area contributed by atoms with E-state index in [2.05, 4.69) is 48.6 Å². The number of fused-ring (bicyclic) bond motifs is 1. The van der Waals surface area contributed by atoms with Crippen molar-refractivity contribution < 1.29 is 19.1 Å². The number of carbonyl (C=O) groups is 2. The molecule has 0 bridgehead atoms. The molecule has 8 nitrogen and oxygen atoms in total. The van der Waals surface area contributed by atoms with Gasteiger partial charge in [-0.1, -0.05) is 94.4 Å². The summed E-state index contributed by atoms with van der Waals surface area (Å²) in [6.07, 6.45) is 1.73. The standard InChI is InChI=1S/C37H46N4O4/c1-23(2)27-17-13-18-28(24(3)4)32(27)40-35(43)41-37(7,20-26-21-38-30-19-12-11-16-29(26)30)34(42)39-31-22-44-36(5,6)45-33(31)25-14-9-8-10-15-25/h8-19,21,23-24,31,33,38H,20,22H2,1-7H3,(H,39,42)(H2,40,41,43)/t31-,33-,37?/m1/s1. The van der Waals surface area contributed by atoms with Gasteiger partial charge < -0.3 is 30.4 Å². The van der Waals surface area contributed by atoms with Crippen LogP contribution in [-0.4, -0.2) is 40.9 Å². The number of urea groups is 1. The summed E-state index contributed by atoms with van der Waals surface area (Å²) in [5.74, 6) is -0.747. The number of rotatable bonds is 9. The Hall–Kier alpha value is -4.14. The maximum atomic E-state index is 14.4. The minimum atomic E-state index is -1.33. The number of anilines is 1. The lowest BCUT2D eigenvalue weighted by Crippen LogP contribution is -2.63. The SMILES string of the molecule is CC(C)c1cccc(C(C)C)c1NC(=O)NC(C)(Cc1c[nH]c2ccccc12)C(=O)N[C@@H]1COC(C)(C)O[C@@H]1c1ccccc1. The predicted molar refractivity (Wildman–Crippen MR) is 179 cm³/mol. The molecule has 8 heteroatoms. The number of benzene rings is 3. The van der Waals surface area contributed by atoms with Crippen molar-refractivity contribution in [3.8, 4) is 0 Å². The van der Waals surface area contributed by atoms with Crippen LogP contribution in [0.3, 0.4) is 0 Å². The van der Waals surface area contributed by atoms with Gasteiger partial charge >= 0.3 is 6.03 Å². The van der Waals surface area contributed by atoms with Crippen LogP contribution in [0, 0.1) is 0 Å². The topological polar surface area (TPSA) is 104 Å². The highest BCUT2D eigenvalue weighted by atomic mass is 16.7. The van der Waals surface area contributed by atoms with Crippen LogP contribution in [0.5, 0.6) is 0 Å². The summed E-state index contributed by atoms with van der Waals surface area (Å²) in [6, 6.07) is 23.0. The third-order valence-electron chi connectivity index (χ3n) is 8.55. The highest BCUT2D eigenvalue weighted by Gasteiger charge is 2.42. The molecule has 2 heterocycles. The molecule has 1 unspecified atom stereocenters. The maximum Gasteiger partial charge on any atom is 0.320 e. The van der Waals surface area contributed by atoms with E-state index in [9.17, 15) is 9.59 Å². The molecular weight excluding hydrogens is 564 g/mol. The molecule has 0 aliphatic carbocycles. The van der Waals surface area contributed by atoms with Gasteiger partial charge in [-0.25, -0.2) is 4.79 Å². The van der Waals surface area contributed by atoms with Crippen molar-refractivity contribution in [2.75, 3.05) is 11.9 Å². The van der Waals surface area contributed by atoms with E-state index in [1.807, 2.05) is 92.8 Å². The first kappa shape index (κ1) is 32.3. The van der Waals surface area contributed by atoms with E-state index < -0.39 is 29.5 Å². The lowest BCUT2D eigenvalue weighted by molar-refractivity contribution is -0.285. The number of hydrogen-bond acceptors (Lipinski definition) is 4. The Morgan fingerprint density at radius 1 is 0.933 bits per heavy atom. The van der Waals surface area contributed by atoms with Gasteiger partial charge in [0, 0.05) is 29.2 Å². The number of amides is 3. The van der Waals surface area contributed by atoms with Crippen LogP contribution in [-0.2, 0) is 20.7 Å². The predicted octanol–water partition coefficient (Wildman–Crippen LogP) is 7.55. The number of aromatic nitrogens is 1. The summed E-state index contributed by atoms with van der Waals surface area (Å²) in [5, 5.41) is 10.4. The van der Waals surface area contributed by atoms with E-state index in [-0.39, 0.29) is 30.8 Å². The second kappa shape index (κ2) is 13.1. The van der Waals surface area contributed by atoms with E-state index in [1.165, 1.54) is 0 Å². The summed E-state index contributed by atoms with van der Waals surface area (Å²) in [7, 11) is 0. The summed E-state index contributed by atoms with van der Waals surface area (Å²) >= 11 is 0. The van der Waals surface area contributed by atoms with Crippen LogP contribution in [0.15, 0.2) is 79.0 Å². The Morgan fingerprint density at radius 2 is 1.58 bits per heavy atom. The van der Waals surface area contributed by atoms with Gasteiger partial charge in [-0.05, 0) is 60.9 Å². The average Bonchev–Trinajstić information content (AvgIpc) is 3.40. The minimum absolute atomic E-state index is 0.199. The van der Waals surface area contributed by atoms with E-state index >= 15 is 0 Å². The molecule has 3 amide bonds. The molecule has 1 aliphatic heterocycles. The molecule has 0 radical (unpaired) electrons. The number of ether oxygens (including phenoxy) is 2. The number of carbonyl (C=O) groups excluding carboxylic acids is 2. The molecule has 45 heavy (non-hydrogen) atoms. The number of aromatic amines is 1. The minimum Gasteiger partial charge on any atom is -0.361 e. The normalized spacial score (nSPS) is 19.3. The van der Waals surface area contributed by atoms with Gasteiger partial charge in [-0.3, -0.25) is 4.79 Å². The Morgan fingerprint density at radius 3 is 2.24 bits per heavy atom. The van der Waals surface area contributed by atoms with E-state index in [0.717, 1.165) is 38.8 Å². The number of nitrogens with one attached hydrogen (secondary N) is 4. The van der Waals surface area contributed by atoms with Gasteiger partial charge in [0.15, 0.2) is 5.79 Å². The maximum absolute atomic E-state index is 14.4. The quantitative estimate of drug-likeness (QED) is 0.157. The van der Waals surface area contributed by atoms with Crippen molar-refractivity contribution in [2.45, 2.75) is 90.2 Å². The fourth-order valence-corrected chi connectivity index (χ4v) is 6.12. The second-order valence-corrected chi connectivity index (χ2v) is 13.3. The van der Waals surface area contributed by atoms with Gasteiger partial charge in [0.05, 0.1) is 12.6 Å². The number of hydrogen-bond donors (Lipinski definition) is 4. The summed E-state index contributed by atoms with van der Waals surface area (Å²) in [5.41, 5.74) is 4.38. The Kier molecular flexibility index (Phi) is 9.37. The lowest BCUT2D eigenvalue weighted by atomic mass is 9.90. The Labute approximate surface area is 266 Å². The van der Waals surface area contributed by atoms with E-state index in [1.54, 1.807) is 6.92 Å². The van der Waals surface area contributed by atoms with Crippen molar-refractivity contribution in [1.29, 1.82) is 0 Å². The van der Waals surface area contributed by atoms with Gasteiger partial charge in [-0.15, -0.1) is 0 Å². The fourth-order valence-electron chi connectivity index (χ4n) is 6.12. The first-order valence-corrected chi connectivity index (χ1v) is 15.8. The Bertz CT molecular complexity index is 1620. The lowest BCUT2D eigenvalue weighted by Gasteiger charge is -2.42. The fraction of sp³-hybridized carbons (Fsp3) is 0.405. The molecular formula is C37H46N4O4.